The lowest BCUT2D eigenvalue weighted by Gasteiger charge is -2.41. The molecule has 1 aliphatic heterocycles. The van der Waals surface area contributed by atoms with Gasteiger partial charge in [0.1, 0.15) is 0 Å². The maximum Gasteiger partial charge on any atom is 0.255 e. The first-order valence-corrected chi connectivity index (χ1v) is 9.51. The maximum atomic E-state index is 12.9. The molecule has 0 amide bonds. The first kappa shape index (κ1) is 21.0. The van der Waals surface area contributed by atoms with Crippen molar-refractivity contribution in [2.75, 3.05) is 18.0 Å². The molecule has 3 heterocycles. The number of benzene rings is 1. The van der Waals surface area contributed by atoms with E-state index in [1.54, 1.807) is 23.0 Å². The Labute approximate surface area is 176 Å². The van der Waals surface area contributed by atoms with Gasteiger partial charge in [-0.2, -0.15) is 0 Å². The van der Waals surface area contributed by atoms with Gasteiger partial charge in [0.25, 0.3) is 5.56 Å². The fourth-order valence-electron chi connectivity index (χ4n) is 3.81. The van der Waals surface area contributed by atoms with Crippen molar-refractivity contribution in [3.63, 3.8) is 0 Å². The molecule has 0 aliphatic carbocycles. The molecule has 2 N–H and O–H groups in total. The lowest BCUT2D eigenvalue weighted by molar-refractivity contribution is 0.272. The molecule has 2 aromatic heterocycles. The van der Waals surface area contributed by atoms with Crippen molar-refractivity contribution < 1.29 is 0 Å². The maximum absolute atomic E-state index is 12.9. The zero-order valence-corrected chi connectivity index (χ0v) is 17.5. The highest BCUT2D eigenvalue weighted by Gasteiger charge is 2.33. The molecule has 1 aliphatic rings. The van der Waals surface area contributed by atoms with Crippen LogP contribution in [-0.2, 0) is 6.54 Å². The van der Waals surface area contributed by atoms with E-state index in [2.05, 4.69) is 23.7 Å². The molecule has 0 radical (unpaired) electrons. The predicted molar refractivity (Wildman–Crippen MR) is 118 cm³/mol. The van der Waals surface area contributed by atoms with Gasteiger partial charge in [0.15, 0.2) is 0 Å². The van der Waals surface area contributed by atoms with Crippen LogP contribution in [0.4, 0.5) is 5.95 Å². The summed E-state index contributed by atoms with van der Waals surface area (Å²) in [4.78, 5) is 23.9. The highest BCUT2D eigenvalue weighted by molar-refractivity contribution is 5.85. The molecule has 6 nitrogen and oxygen atoms in total. The Balaban J connectivity index is 0.00000240. The van der Waals surface area contributed by atoms with Crippen LogP contribution in [0.15, 0.2) is 65.7 Å². The lowest BCUT2D eigenvalue weighted by Crippen LogP contribution is -2.49. The molecular formula is C22H26ClN5O. The van der Waals surface area contributed by atoms with E-state index < -0.39 is 0 Å². The number of aromatic nitrogens is 3. The minimum absolute atomic E-state index is 0. The first-order chi connectivity index (χ1) is 13.4. The third-order valence-corrected chi connectivity index (χ3v) is 5.10. The van der Waals surface area contributed by atoms with Crippen LogP contribution in [0, 0.1) is 5.41 Å². The molecule has 0 fully saturated rings. The van der Waals surface area contributed by atoms with Gasteiger partial charge in [-0.3, -0.25) is 14.3 Å². The van der Waals surface area contributed by atoms with E-state index in [1.807, 2.05) is 42.5 Å². The zero-order chi connectivity index (χ0) is 19.7. The molecule has 0 bridgehead atoms. The van der Waals surface area contributed by atoms with E-state index in [-0.39, 0.29) is 29.4 Å². The Morgan fingerprint density at radius 3 is 2.48 bits per heavy atom. The molecule has 7 heteroatoms. The molecule has 1 unspecified atom stereocenters. The number of nitrogens with two attached hydrogens (primary N) is 1. The third-order valence-electron chi connectivity index (χ3n) is 5.10. The van der Waals surface area contributed by atoms with Crippen molar-refractivity contribution in [3.8, 4) is 11.3 Å². The molecular weight excluding hydrogens is 386 g/mol. The minimum atomic E-state index is -0.162. The summed E-state index contributed by atoms with van der Waals surface area (Å²) in [6.45, 7) is 6.36. The number of anilines is 1. The van der Waals surface area contributed by atoms with Crippen molar-refractivity contribution in [1.82, 2.24) is 14.5 Å². The van der Waals surface area contributed by atoms with E-state index in [0.717, 1.165) is 17.7 Å². The van der Waals surface area contributed by atoms with Crippen molar-refractivity contribution in [2.24, 2.45) is 11.1 Å². The summed E-state index contributed by atoms with van der Waals surface area (Å²) in [5.41, 5.74) is 9.03. The Morgan fingerprint density at radius 1 is 1.10 bits per heavy atom. The highest BCUT2D eigenvalue weighted by atomic mass is 35.5. The largest absolute Gasteiger partial charge is 0.340 e. The average molecular weight is 412 g/mol. The van der Waals surface area contributed by atoms with Gasteiger partial charge in [-0.15, -0.1) is 12.4 Å². The molecule has 1 atom stereocenters. The predicted octanol–water partition coefficient (Wildman–Crippen LogP) is 3.27. The zero-order valence-electron chi connectivity index (χ0n) is 16.7. The number of rotatable bonds is 4. The highest BCUT2D eigenvalue weighted by Crippen LogP contribution is 2.31. The van der Waals surface area contributed by atoms with E-state index in [0.29, 0.717) is 24.7 Å². The van der Waals surface area contributed by atoms with Crippen molar-refractivity contribution >= 4 is 18.4 Å². The van der Waals surface area contributed by atoms with Crippen LogP contribution >= 0.6 is 12.4 Å². The number of hydrogen-bond donors (Lipinski definition) is 1. The molecule has 0 spiro atoms. The van der Waals surface area contributed by atoms with Crippen LogP contribution < -0.4 is 16.2 Å². The number of fused-ring (bicyclic) bond motifs is 1. The van der Waals surface area contributed by atoms with Crippen LogP contribution in [0.3, 0.4) is 0 Å². The Morgan fingerprint density at radius 2 is 1.79 bits per heavy atom. The number of halogens is 1. The van der Waals surface area contributed by atoms with Gasteiger partial charge in [0.2, 0.25) is 5.95 Å². The topological polar surface area (TPSA) is 77.0 Å². The van der Waals surface area contributed by atoms with Crippen LogP contribution in [0.5, 0.6) is 0 Å². The van der Waals surface area contributed by atoms with Crippen LogP contribution in [0.2, 0.25) is 0 Å². The SMILES string of the molecule is CC1(C)CN(CC(N)c2ccccc2)c2nc(-c3ccncc3)cc(=O)n2C1.Cl. The van der Waals surface area contributed by atoms with E-state index in [4.69, 9.17) is 10.7 Å². The fourth-order valence-corrected chi connectivity index (χ4v) is 3.81. The minimum Gasteiger partial charge on any atom is -0.340 e. The summed E-state index contributed by atoms with van der Waals surface area (Å²) in [6.07, 6.45) is 3.42. The second-order valence-corrected chi connectivity index (χ2v) is 8.16. The molecule has 152 valence electrons. The molecule has 29 heavy (non-hydrogen) atoms. The molecule has 0 saturated carbocycles. The second-order valence-electron chi connectivity index (χ2n) is 8.16. The quantitative estimate of drug-likeness (QED) is 0.712. The fraction of sp³-hybridized carbons (Fsp3) is 0.318. The molecule has 3 aromatic rings. The average Bonchev–Trinajstić information content (AvgIpc) is 2.69. The van der Waals surface area contributed by atoms with Gasteiger partial charge >= 0.3 is 0 Å². The Hall–Kier alpha value is -2.70. The number of hydrogen-bond acceptors (Lipinski definition) is 5. The van der Waals surface area contributed by atoms with Crippen LogP contribution in [-0.4, -0.2) is 27.6 Å². The van der Waals surface area contributed by atoms with E-state index in [1.165, 1.54) is 0 Å². The Bertz CT molecular complexity index is 1020. The van der Waals surface area contributed by atoms with Gasteiger partial charge < -0.3 is 10.6 Å². The summed E-state index contributed by atoms with van der Waals surface area (Å²) in [5, 5.41) is 0. The summed E-state index contributed by atoms with van der Waals surface area (Å²) in [6, 6.07) is 15.2. The normalized spacial score (nSPS) is 15.9. The second kappa shape index (κ2) is 8.35. The van der Waals surface area contributed by atoms with Gasteiger partial charge in [0, 0.05) is 55.1 Å². The van der Waals surface area contributed by atoms with Crippen molar-refractivity contribution in [3.05, 3.63) is 76.8 Å². The van der Waals surface area contributed by atoms with Crippen LogP contribution in [0.25, 0.3) is 11.3 Å². The molecule has 1 aromatic carbocycles. The molecule has 4 rings (SSSR count). The van der Waals surface area contributed by atoms with Gasteiger partial charge in [-0.05, 0) is 17.7 Å². The summed E-state index contributed by atoms with van der Waals surface area (Å²) in [7, 11) is 0. The van der Waals surface area contributed by atoms with Crippen LogP contribution in [0.1, 0.15) is 25.5 Å². The summed E-state index contributed by atoms with van der Waals surface area (Å²) >= 11 is 0. The van der Waals surface area contributed by atoms with Crippen molar-refractivity contribution in [2.45, 2.75) is 26.4 Å². The smallest absolute Gasteiger partial charge is 0.255 e. The molecule has 0 saturated heterocycles. The Kier molecular flexibility index (Phi) is 6.05. The number of pyridine rings is 1. The van der Waals surface area contributed by atoms with Gasteiger partial charge in [-0.25, -0.2) is 4.98 Å². The standard InChI is InChI=1S/C22H25N5O.ClH/c1-22(2)14-26(13-18(23)16-6-4-3-5-7-16)21-25-19(12-20(28)27(21)15-22)17-8-10-24-11-9-17;/h3-12,18H,13-15,23H2,1-2H3;1H. The van der Waals surface area contributed by atoms with E-state index in [9.17, 15) is 4.79 Å². The third kappa shape index (κ3) is 4.49. The summed E-state index contributed by atoms with van der Waals surface area (Å²) in [5.74, 6) is 0.685. The number of nitrogens with zero attached hydrogens (tertiary/aromatic N) is 4. The van der Waals surface area contributed by atoms with E-state index >= 15 is 0 Å². The lowest BCUT2D eigenvalue weighted by atomic mass is 9.90. The summed E-state index contributed by atoms with van der Waals surface area (Å²) < 4.78 is 1.77. The first-order valence-electron chi connectivity index (χ1n) is 9.51. The van der Waals surface area contributed by atoms with Crippen molar-refractivity contribution in [1.29, 1.82) is 0 Å². The van der Waals surface area contributed by atoms with Gasteiger partial charge in [-0.1, -0.05) is 44.2 Å². The van der Waals surface area contributed by atoms with Gasteiger partial charge in [0.05, 0.1) is 5.69 Å². The monoisotopic (exact) mass is 411 g/mol.